The van der Waals surface area contributed by atoms with Crippen LogP contribution in [0.25, 0.3) is 0 Å². The number of benzene rings is 1. The van der Waals surface area contributed by atoms with Gasteiger partial charge in [0.25, 0.3) is 0 Å². The molecule has 0 spiro atoms. The van der Waals surface area contributed by atoms with Gasteiger partial charge in [-0.05, 0) is 30.2 Å². The minimum absolute atomic E-state index is 0.350. The summed E-state index contributed by atoms with van der Waals surface area (Å²) in [4.78, 5) is 11.7. The molecule has 1 saturated carbocycles. The Labute approximate surface area is 77.8 Å². The molecule has 0 unspecified atom stereocenters. The molecule has 66 valence electrons. The van der Waals surface area contributed by atoms with E-state index in [1.165, 1.54) is 12.0 Å². The van der Waals surface area contributed by atoms with E-state index in [1.807, 2.05) is 18.2 Å². The number of Topliss-reactive ketones (excluding diaryl/α,β-unsaturated/α-hetero) is 1. The van der Waals surface area contributed by atoms with Crippen LogP contribution in [-0.4, -0.2) is 5.78 Å². The molecule has 1 nitrogen and oxygen atoms in total. The molecule has 0 N–H and O–H groups in total. The number of carbonyl (C=O) groups excluding carboxylic acids is 1. The third-order valence-electron chi connectivity index (χ3n) is 3.33. The molecule has 0 aliphatic heterocycles. The van der Waals surface area contributed by atoms with E-state index in [9.17, 15) is 4.79 Å². The van der Waals surface area contributed by atoms with E-state index >= 15 is 0 Å². The lowest BCUT2D eigenvalue weighted by atomic mass is 10.0. The molecule has 2 atom stereocenters. The maximum atomic E-state index is 11.7. The van der Waals surface area contributed by atoms with Gasteiger partial charge in [0.15, 0.2) is 5.78 Å². The Morgan fingerprint density at radius 3 is 3.00 bits per heavy atom. The zero-order valence-corrected chi connectivity index (χ0v) is 7.49. The second kappa shape index (κ2) is 2.44. The topological polar surface area (TPSA) is 17.1 Å². The van der Waals surface area contributed by atoms with Crippen LogP contribution in [0.3, 0.4) is 0 Å². The van der Waals surface area contributed by atoms with Crippen LogP contribution in [0.4, 0.5) is 0 Å². The van der Waals surface area contributed by atoms with E-state index in [-0.39, 0.29) is 0 Å². The van der Waals surface area contributed by atoms with E-state index in [0.29, 0.717) is 11.7 Å². The van der Waals surface area contributed by atoms with Crippen LogP contribution < -0.4 is 0 Å². The van der Waals surface area contributed by atoms with E-state index in [2.05, 4.69) is 6.07 Å². The average molecular weight is 172 g/mol. The van der Waals surface area contributed by atoms with Crippen LogP contribution in [0.1, 0.15) is 41.1 Å². The van der Waals surface area contributed by atoms with Gasteiger partial charge in [-0.2, -0.15) is 0 Å². The SMILES string of the molecule is O=C1CC[C@H]2C[C@H]2c2ccccc21. The summed E-state index contributed by atoms with van der Waals surface area (Å²) in [5.74, 6) is 1.87. The highest BCUT2D eigenvalue weighted by molar-refractivity contribution is 5.98. The monoisotopic (exact) mass is 172 g/mol. The van der Waals surface area contributed by atoms with Gasteiger partial charge < -0.3 is 0 Å². The van der Waals surface area contributed by atoms with Crippen molar-refractivity contribution in [3.8, 4) is 0 Å². The Morgan fingerprint density at radius 2 is 2.08 bits per heavy atom. The third kappa shape index (κ3) is 1.03. The minimum atomic E-state index is 0.350. The Bertz CT molecular complexity index is 367. The molecule has 0 heterocycles. The van der Waals surface area contributed by atoms with Crippen LogP contribution in [0.15, 0.2) is 24.3 Å². The summed E-state index contributed by atoms with van der Waals surface area (Å²) in [6.45, 7) is 0. The van der Waals surface area contributed by atoms with Crippen molar-refractivity contribution in [1.82, 2.24) is 0 Å². The van der Waals surface area contributed by atoms with Gasteiger partial charge in [0.05, 0.1) is 0 Å². The molecule has 0 amide bonds. The predicted molar refractivity (Wildman–Crippen MR) is 50.9 cm³/mol. The summed E-state index contributed by atoms with van der Waals surface area (Å²) in [7, 11) is 0. The third-order valence-corrected chi connectivity index (χ3v) is 3.33. The van der Waals surface area contributed by atoms with Gasteiger partial charge in [0.1, 0.15) is 0 Å². The van der Waals surface area contributed by atoms with Crippen molar-refractivity contribution in [1.29, 1.82) is 0 Å². The van der Waals surface area contributed by atoms with Crippen LogP contribution in [-0.2, 0) is 0 Å². The Balaban J connectivity index is 2.15. The summed E-state index contributed by atoms with van der Waals surface area (Å²) in [5.41, 5.74) is 2.31. The van der Waals surface area contributed by atoms with Gasteiger partial charge in [-0.15, -0.1) is 0 Å². The molecule has 0 saturated heterocycles. The predicted octanol–water partition coefficient (Wildman–Crippen LogP) is 2.77. The van der Waals surface area contributed by atoms with Crippen LogP contribution in [0, 0.1) is 5.92 Å². The first-order chi connectivity index (χ1) is 6.36. The van der Waals surface area contributed by atoms with Gasteiger partial charge in [0.2, 0.25) is 0 Å². The molecule has 2 aliphatic rings. The van der Waals surface area contributed by atoms with Crippen molar-refractivity contribution in [3.05, 3.63) is 35.4 Å². The molecule has 1 fully saturated rings. The van der Waals surface area contributed by atoms with Gasteiger partial charge in [-0.1, -0.05) is 24.3 Å². The van der Waals surface area contributed by atoms with Crippen molar-refractivity contribution >= 4 is 5.78 Å². The number of rotatable bonds is 0. The lowest BCUT2D eigenvalue weighted by Gasteiger charge is -2.03. The molecule has 0 bridgehead atoms. The first-order valence-corrected chi connectivity index (χ1v) is 4.98. The number of hydrogen-bond acceptors (Lipinski definition) is 1. The summed E-state index contributed by atoms with van der Waals surface area (Å²) in [6.07, 6.45) is 3.18. The van der Waals surface area contributed by atoms with Crippen LogP contribution in [0.5, 0.6) is 0 Å². The maximum Gasteiger partial charge on any atom is 0.163 e. The van der Waals surface area contributed by atoms with E-state index in [4.69, 9.17) is 0 Å². The smallest absolute Gasteiger partial charge is 0.163 e. The molecule has 1 heteroatoms. The first kappa shape index (κ1) is 7.31. The normalized spacial score (nSPS) is 30.3. The standard InChI is InChI=1S/C12H12O/c13-12-6-5-8-7-11(8)9-3-1-2-4-10(9)12/h1-4,8,11H,5-7H2/t8-,11+/m0/s1. The molecule has 3 rings (SSSR count). The Kier molecular flexibility index (Phi) is 1.37. The van der Waals surface area contributed by atoms with Gasteiger partial charge >= 0.3 is 0 Å². The Morgan fingerprint density at radius 1 is 1.23 bits per heavy atom. The van der Waals surface area contributed by atoms with E-state index in [0.717, 1.165) is 24.3 Å². The fraction of sp³-hybridized carbons (Fsp3) is 0.417. The van der Waals surface area contributed by atoms with Crippen LogP contribution in [0.2, 0.25) is 0 Å². The van der Waals surface area contributed by atoms with E-state index in [1.54, 1.807) is 0 Å². The quantitative estimate of drug-likeness (QED) is 0.588. The summed E-state index contributed by atoms with van der Waals surface area (Å²) in [6, 6.07) is 8.13. The molecule has 13 heavy (non-hydrogen) atoms. The minimum Gasteiger partial charge on any atom is -0.294 e. The van der Waals surface area contributed by atoms with Gasteiger partial charge in [0, 0.05) is 12.0 Å². The molecule has 2 aliphatic carbocycles. The van der Waals surface area contributed by atoms with Crippen LogP contribution >= 0.6 is 0 Å². The number of carbonyl (C=O) groups is 1. The first-order valence-electron chi connectivity index (χ1n) is 4.98. The highest BCUT2D eigenvalue weighted by Crippen LogP contribution is 2.53. The van der Waals surface area contributed by atoms with Crippen molar-refractivity contribution < 1.29 is 4.79 Å². The zero-order chi connectivity index (χ0) is 8.84. The van der Waals surface area contributed by atoms with Gasteiger partial charge in [-0.3, -0.25) is 4.79 Å². The van der Waals surface area contributed by atoms with Crippen molar-refractivity contribution in [2.45, 2.75) is 25.2 Å². The molecule has 1 aromatic carbocycles. The zero-order valence-electron chi connectivity index (χ0n) is 7.49. The van der Waals surface area contributed by atoms with E-state index < -0.39 is 0 Å². The second-order valence-electron chi connectivity index (χ2n) is 4.15. The Hall–Kier alpha value is -1.11. The fourth-order valence-corrected chi connectivity index (χ4v) is 2.47. The number of hydrogen-bond donors (Lipinski definition) is 0. The average Bonchev–Trinajstić information content (AvgIpc) is 2.92. The summed E-state index contributed by atoms with van der Waals surface area (Å²) >= 11 is 0. The molecule has 1 aromatic rings. The molecular weight excluding hydrogens is 160 g/mol. The molecular formula is C12H12O. The van der Waals surface area contributed by atoms with Crippen molar-refractivity contribution in [2.24, 2.45) is 5.92 Å². The largest absolute Gasteiger partial charge is 0.294 e. The molecule has 0 aromatic heterocycles. The van der Waals surface area contributed by atoms with Gasteiger partial charge in [-0.25, -0.2) is 0 Å². The summed E-state index contributed by atoms with van der Waals surface area (Å²) < 4.78 is 0. The lowest BCUT2D eigenvalue weighted by molar-refractivity contribution is 0.0980. The number of ketones is 1. The second-order valence-corrected chi connectivity index (χ2v) is 4.15. The maximum absolute atomic E-state index is 11.7. The number of fused-ring (bicyclic) bond motifs is 3. The highest BCUT2D eigenvalue weighted by Gasteiger charge is 2.41. The lowest BCUT2D eigenvalue weighted by Crippen LogP contribution is -2.00. The van der Waals surface area contributed by atoms with Crippen molar-refractivity contribution in [3.63, 3.8) is 0 Å². The van der Waals surface area contributed by atoms with Crippen molar-refractivity contribution in [2.75, 3.05) is 0 Å². The summed E-state index contributed by atoms with van der Waals surface area (Å²) in [5, 5.41) is 0. The highest BCUT2D eigenvalue weighted by atomic mass is 16.1. The fourth-order valence-electron chi connectivity index (χ4n) is 2.47. The molecule has 0 radical (unpaired) electrons.